The number of benzene rings is 1. The van der Waals surface area contributed by atoms with Crippen LogP contribution in [0.4, 0.5) is 0 Å². The van der Waals surface area contributed by atoms with Gasteiger partial charge in [0.2, 0.25) is 0 Å². The van der Waals surface area contributed by atoms with E-state index in [0.29, 0.717) is 12.1 Å². The number of nitrogens with one attached hydrogen (secondary N) is 2. The van der Waals surface area contributed by atoms with Crippen LogP contribution in [0.5, 0.6) is 0 Å². The van der Waals surface area contributed by atoms with Crippen molar-refractivity contribution >= 4 is 5.91 Å². The largest absolute Gasteiger partial charge is 0.349 e. The van der Waals surface area contributed by atoms with Gasteiger partial charge in [0.1, 0.15) is 0 Å². The van der Waals surface area contributed by atoms with E-state index in [0.717, 1.165) is 11.1 Å². The fourth-order valence-corrected chi connectivity index (χ4v) is 1.49. The monoisotopic (exact) mass is 227 g/mol. The summed E-state index contributed by atoms with van der Waals surface area (Å²) in [6.07, 6.45) is 5.21. The summed E-state index contributed by atoms with van der Waals surface area (Å²) in [4.78, 5) is 11.6. The molecule has 4 heteroatoms. The maximum atomic E-state index is 11.6. The van der Waals surface area contributed by atoms with Crippen molar-refractivity contribution in [2.24, 2.45) is 0 Å². The molecule has 2 aromatic rings. The Morgan fingerprint density at radius 2 is 2.12 bits per heavy atom. The van der Waals surface area contributed by atoms with Gasteiger partial charge in [0, 0.05) is 23.9 Å². The minimum Gasteiger partial charge on any atom is -0.349 e. The molecule has 0 unspecified atom stereocenters. The SMILES string of the molecule is C=CCNC(=O)c1ccc(-c2cn[nH]c2)cc1. The van der Waals surface area contributed by atoms with Crippen LogP contribution in [0.1, 0.15) is 10.4 Å². The molecule has 0 fully saturated rings. The highest BCUT2D eigenvalue weighted by molar-refractivity contribution is 5.94. The molecule has 0 atom stereocenters. The lowest BCUT2D eigenvalue weighted by atomic mass is 10.1. The first-order valence-electron chi connectivity index (χ1n) is 5.29. The molecule has 0 radical (unpaired) electrons. The Kier molecular flexibility index (Phi) is 3.35. The molecular weight excluding hydrogens is 214 g/mol. The van der Waals surface area contributed by atoms with Gasteiger partial charge in [-0.15, -0.1) is 6.58 Å². The molecule has 86 valence electrons. The molecule has 1 aromatic carbocycles. The summed E-state index contributed by atoms with van der Waals surface area (Å²) in [6.45, 7) is 4.02. The second-order valence-corrected chi connectivity index (χ2v) is 3.56. The molecule has 0 bridgehead atoms. The van der Waals surface area contributed by atoms with Crippen molar-refractivity contribution in [3.63, 3.8) is 0 Å². The zero-order valence-corrected chi connectivity index (χ0v) is 9.31. The molecule has 1 heterocycles. The highest BCUT2D eigenvalue weighted by Gasteiger charge is 2.04. The Bertz CT molecular complexity index is 500. The molecule has 0 saturated carbocycles. The quantitative estimate of drug-likeness (QED) is 0.785. The smallest absolute Gasteiger partial charge is 0.251 e. The van der Waals surface area contributed by atoms with Crippen LogP contribution in [0.15, 0.2) is 49.3 Å². The molecule has 0 aliphatic heterocycles. The molecule has 0 aliphatic rings. The first-order chi connectivity index (χ1) is 8.31. The van der Waals surface area contributed by atoms with Crippen molar-refractivity contribution in [3.8, 4) is 11.1 Å². The average molecular weight is 227 g/mol. The van der Waals surface area contributed by atoms with E-state index in [4.69, 9.17) is 0 Å². The number of carbonyl (C=O) groups is 1. The Morgan fingerprint density at radius 1 is 1.35 bits per heavy atom. The van der Waals surface area contributed by atoms with Crippen LogP contribution in [0, 0.1) is 0 Å². The maximum Gasteiger partial charge on any atom is 0.251 e. The topological polar surface area (TPSA) is 57.8 Å². The second kappa shape index (κ2) is 5.12. The molecule has 2 rings (SSSR count). The summed E-state index contributed by atoms with van der Waals surface area (Å²) in [7, 11) is 0. The van der Waals surface area contributed by atoms with Gasteiger partial charge >= 0.3 is 0 Å². The number of rotatable bonds is 4. The Labute approximate surface area is 99.4 Å². The predicted octanol–water partition coefficient (Wildman–Crippen LogP) is 1.99. The van der Waals surface area contributed by atoms with Crippen molar-refractivity contribution in [1.29, 1.82) is 0 Å². The minimum atomic E-state index is -0.0938. The van der Waals surface area contributed by atoms with Crippen LogP contribution in [0.3, 0.4) is 0 Å². The summed E-state index contributed by atoms with van der Waals surface area (Å²) >= 11 is 0. The normalized spacial score (nSPS) is 9.88. The van der Waals surface area contributed by atoms with E-state index in [1.807, 2.05) is 18.3 Å². The summed E-state index contributed by atoms with van der Waals surface area (Å²) in [5.41, 5.74) is 2.67. The molecular formula is C13H13N3O. The number of hydrogen-bond donors (Lipinski definition) is 2. The van der Waals surface area contributed by atoms with E-state index in [1.165, 1.54) is 0 Å². The van der Waals surface area contributed by atoms with Crippen LogP contribution in [0.25, 0.3) is 11.1 Å². The standard InChI is InChI=1S/C13H13N3O/c1-2-7-14-13(17)11-5-3-10(4-6-11)12-8-15-16-9-12/h2-6,8-9H,1,7H2,(H,14,17)(H,15,16). The van der Waals surface area contributed by atoms with Crippen LogP contribution >= 0.6 is 0 Å². The Morgan fingerprint density at radius 3 is 2.71 bits per heavy atom. The van der Waals surface area contributed by atoms with Crippen LogP contribution in [0.2, 0.25) is 0 Å². The van der Waals surface area contributed by atoms with Crippen molar-refractivity contribution in [1.82, 2.24) is 15.5 Å². The van der Waals surface area contributed by atoms with Crippen molar-refractivity contribution in [2.45, 2.75) is 0 Å². The number of H-pyrrole nitrogens is 1. The fourth-order valence-electron chi connectivity index (χ4n) is 1.49. The van der Waals surface area contributed by atoms with Gasteiger partial charge < -0.3 is 5.32 Å². The van der Waals surface area contributed by atoms with E-state index >= 15 is 0 Å². The zero-order valence-electron chi connectivity index (χ0n) is 9.31. The first-order valence-corrected chi connectivity index (χ1v) is 5.29. The van der Waals surface area contributed by atoms with Crippen LogP contribution in [-0.4, -0.2) is 22.6 Å². The third-order valence-corrected chi connectivity index (χ3v) is 2.39. The van der Waals surface area contributed by atoms with Crippen molar-refractivity contribution < 1.29 is 4.79 Å². The van der Waals surface area contributed by atoms with Crippen molar-refractivity contribution in [3.05, 3.63) is 54.9 Å². The van der Waals surface area contributed by atoms with Gasteiger partial charge in [0.05, 0.1) is 6.20 Å². The molecule has 1 amide bonds. The summed E-state index contributed by atoms with van der Waals surface area (Å²) in [5.74, 6) is -0.0938. The molecule has 0 spiro atoms. The number of aromatic nitrogens is 2. The van der Waals surface area contributed by atoms with E-state index in [1.54, 1.807) is 24.4 Å². The van der Waals surface area contributed by atoms with E-state index < -0.39 is 0 Å². The van der Waals surface area contributed by atoms with Crippen molar-refractivity contribution in [2.75, 3.05) is 6.54 Å². The number of hydrogen-bond acceptors (Lipinski definition) is 2. The highest BCUT2D eigenvalue weighted by Crippen LogP contribution is 2.17. The van der Waals surface area contributed by atoms with E-state index in [9.17, 15) is 4.79 Å². The fraction of sp³-hybridized carbons (Fsp3) is 0.0769. The van der Waals surface area contributed by atoms with Gasteiger partial charge in [-0.3, -0.25) is 9.89 Å². The van der Waals surface area contributed by atoms with Crippen LogP contribution in [-0.2, 0) is 0 Å². The molecule has 17 heavy (non-hydrogen) atoms. The second-order valence-electron chi connectivity index (χ2n) is 3.56. The predicted molar refractivity (Wildman–Crippen MR) is 66.6 cm³/mol. The maximum absolute atomic E-state index is 11.6. The van der Waals surface area contributed by atoms with Gasteiger partial charge in [-0.05, 0) is 17.7 Å². The molecule has 0 aliphatic carbocycles. The number of nitrogens with zero attached hydrogens (tertiary/aromatic N) is 1. The van der Waals surface area contributed by atoms with Gasteiger partial charge in [-0.1, -0.05) is 18.2 Å². The lowest BCUT2D eigenvalue weighted by Crippen LogP contribution is -2.22. The molecule has 1 aromatic heterocycles. The van der Waals surface area contributed by atoms with Gasteiger partial charge in [-0.25, -0.2) is 0 Å². The van der Waals surface area contributed by atoms with E-state index in [-0.39, 0.29) is 5.91 Å². The summed E-state index contributed by atoms with van der Waals surface area (Å²) < 4.78 is 0. The lowest BCUT2D eigenvalue weighted by Gasteiger charge is -2.03. The van der Waals surface area contributed by atoms with Crippen LogP contribution < -0.4 is 5.32 Å². The molecule has 4 nitrogen and oxygen atoms in total. The third-order valence-electron chi connectivity index (χ3n) is 2.39. The minimum absolute atomic E-state index is 0.0938. The van der Waals surface area contributed by atoms with Gasteiger partial charge in [0.25, 0.3) is 5.91 Å². The third kappa shape index (κ3) is 2.60. The number of amides is 1. The Balaban J connectivity index is 2.13. The number of aromatic amines is 1. The average Bonchev–Trinajstić information content (AvgIpc) is 2.90. The molecule has 0 saturated heterocycles. The van der Waals surface area contributed by atoms with Gasteiger partial charge in [-0.2, -0.15) is 5.10 Å². The highest BCUT2D eigenvalue weighted by atomic mass is 16.1. The number of carbonyl (C=O) groups excluding carboxylic acids is 1. The molecule has 2 N–H and O–H groups in total. The summed E-state index contributed by atoms with van der Waals surface area (Å²) in [6, 6.07) is 7.38. The lowest BCUT2D eigenvalue weighted by molar-refractivity contribution is 0.0958. The zero-order chi connectivity index (χ0) is 12.1. The van der Waals surface area contributed by atoms with E-state index in [2.05, 4.69) is 22.1 Å². The van der Waals surface area contributed by atoms with Gasteiger partial charge in [0.15, 0.2) is 0 Å². The summed E-state index contributed by atoms with van der Waals surface area (Å²) in [5, 5.41) is 9.36. The first kappa shape index (κ1) is 11.1. The Hall–Kier alpha value is -2.36.